The maximum Gasteiger partial charge on any atom is 0.270 e. The molecule has 0 unspecified atom stereocenters. The van der Waals surface area contributed by atoms with E-state index < -0.39 is 4.92 Å². The summed E-state index contributed by atoms with van der Waals surface area (Å²) in [5.74, 6) is 0.848. The maximum absolute atomic E-state index is 11.6. The van der Waals surface area contributed by atoms with Crippen LogP contribution in [0.2, 0.25) is 0 Å². The lowest BCUT2D eigenvalue weighted by atomic mass is 10.1. The maximum atomic E-state index is 11.6. The fraction of sp³-hybridized carbons (Fsp3) is 0.235. The largest absolute Gasteiger partial charge is 0.488 e. The van der Waals surface area contributed by atoms with Gasteiger partial charge in [-0.25, -0.2) is 0 Å². The minimum Gasteiger partial charge on any atom is -0.488 e. The Morgan fingerprint density at radius 3 is 2.88 bits per heavy atom. The molecule has 2 aromatic carbocycles. The van der Waals surface area contributed by atoms with E-state index in [0.29, 0.717) is 28.2 Å². The molecule has 0 aliphatic carbocycles. The number of carbonyl (C=O) groups excluding carboxylic acids is 1. The smallest absolute Gasteiger partial charge is 0.270 e. The Morgan fingerprint density at radius 1 is 1.33 bits per heavy atom. The van der Waals surface area contributed by atoms with Crippen LogP contribution >= 0.6 is 0 Å². The van der Waals surface area contributed by atoms with Crippen molar-refractivity contribution in [2.45, 2.75) is 20.1 Å². The summed E-state index contributed by atoms with van der Waals surface area (Å²) >= 11 is 0. The lowest BCUT2D eigenvalue weighted by Crippen LogP contribution is -2.14. The number of carbonyl (C=O) groups is 1. The molecule has 0 amide bonds. The van der Waals surface area contributed by atoms with Crippen molar-refractivity contribution in [3.05, 3.63) is 63.2 Å². The summed E-state index contributed by atoms with van der Waals surface area (Å²) in [4.78, 5) is 22.3. The van der Waals surface area contributed by atoms with Gasteiger partial charge in [-0.1, -0.05) is 12.1 Å². The van der Waals surface area contributed by atoms with Crippen LogP contribution in [0, 0.1) is 10.1 Å². The monoisotopic (exact) mass is 329 g/mol. The molecule has 0 spiro atoms. The van der Waals surface area contributed by atoms with Crippen LogP contribution in [0.1, 0.15) is 28.4 Å². The van der Waals surface area contributed by atoms with E-state index >= 15 is 0 Å². The van der Waals surface area contributed by atoms with Crippen LogP contribution in [-0.2, 0) is 18.0 Å². The number of nitro groups is 1. The normalized spacial score (nSPS) is 12.9. The van der Waals surface area contributed by atoms with E-state index in [1.165, 1.54) is 19.1 Å². The van der Waals surface area contributed by atoms with E-state index in [1.807, 2.05) is 0 Å². The zero-order valence-corrected chi connectivity index (χ0v) is 13.0. The van der Waals surface area contributed by atoms with E-state index in [-0.39, 0.29) is 31.5 Å². The summed E-state index contributed by atoms with van der Waals surface area (Å²) in [5.41, 5.74) is 1.55. The van der Waals surface area contributed by atoms with E-state index in [2.05, 4.69) is 0 Å². The van der Waals surface area contributed by atoms with Gasteiger partial charge in [0.25, 0.3) is 5.69 Å². The van der Waals surface area contributed by atoms with Gasteiger partial charge in [0.05, 0.1) is 17.1 Å². The van der Waals surface area contributed by atoms with Gasteiger partial charge >= 0.3 is 0 Å². The molecule has 2 aromatic rings. The minimum atomic E-state index is -0.470. The van der Waals surface area contributed by atoms with Crippen LogP contribution in [0.5, 0.6) is 11.5 Å². The van der Waals surface area contributed by atoms with E-state index in [4.69, 9.17) is 14.2 Å². The van der Waals surface area contributed by atoms with Crippen molar-refractivity contribution in [1.82, 2.24) is 0 Å². The predicted octanol–water partition coefficient (Wildman–Crippen LogP) is 3.24. The average molecular weight is 329 g/mol. The molecule has 0 bridgehead atoms. The standard InChI is InChI=1S/C17H15NO6/c1-11(19)15-4-2-3-5-16(15)23-9-13-7-14(18(20)21)6-12-8-22-10-24-17(12)13/h2-7H,8-10H2,1H3. The fourth-order valence-corrected chi connectivity index (χ4v) is 2.53. The first-order chi connectivity index (χ1) is 11.6. The summed E-state index contributed by atoms with van der Waals surface area (Å²) in [6, 6.07) is 9.71. The summed E-state index contributed by atoms with van der Waals surface area (Å²) in [7, 11) is 0. The molecule has 0 radical (unpaired) electrons. The second kappa shape index (κ2) is 6.67. The molecule has 0 aromatic heterocycles. The number of nitro benzene ring substituents is 1. The Bertz CT molecular complexity index is 802. The molecule has 0 saturated heterocycles. The van der Waals surface area contributed by atoms with Crippen molar-refractivity contribution < 1.29 is 23.9 Å². The first-order valence-electron chi connectivity index (χ1n) is 7.29. The minimum absolute atomic E-state index is 0.0499. The van der Waals surface area contributed by atoms with Gasteiger partial charge in [0.15, 0.2) is 12.6 Å². The van der Waals surface area contributed by atoms with E-state index in [9.17, 15) is 14.9 Å². The fourth-order valence-electron chi connectivity index (χ4n) is 2.53. The summed E-state index contributed by atoms with van der Waals surface area (Å²) in [6.07, 6.45) is 0. The molecule has 3 rings (SSSR count). The molecule has 1 aliphatic rings. The zero-order chi connectivity index (χ0) is 17.1. The average Bonchev–Trinajstić information content (AvgIpc) is 2.59. The first kappa shape index (κ1) is 15.9. The van der Waals surface area contributed by atoms with Crippen molar-refractivity contribution in [2.24, 2.45) is 0 Å². The first-order valence-corrected chi connectivity index (χ1v) is 7.29. The van der Waals surface area contributed by atoms with Crippen LogP contribution in [0.4, 0.5) is 5.69 Å². The summed E-state index contributed by atoms with van der Waals surface area (Å²) in [5, 5.41) is 11.1. The molecule has 1 aliphatic heterocycles. The van der Waals surface area contributed by atoms with Crippen LogP contribution in [0.3, 0.4) is 0 Å². The van der Waals surface area contributed by atoms with Crippen molar-refractivity contribution >= 4 is 11.5 Å². The number of ether oxygens (including phenoxy) is 3. The Hall–Kier alpha value is -2.93. The highest BCUT2D eigenvalue weighted by molar-refractivity contribution is 5.96. The SMILES string of the molecule is CC(=O)c1ccccc1OCc1cc([N+](=O)[O-])cc2c1OCOC2. The van der Waals surface area contributed by atoms with Gasteiger partial charge in [-0.15, -0.1) is 0 Å². The number of nitrogens with zero attached hydrogens (tertiary/aromatic N) is 1. The lowest BCUT2D eigenvalue weighted by Gasteiger charge is -2.21. The number of rotatable bonds is 5. The number of Topliss-reactive ketones (excluding diaryl/α,β-unsaturated/α-hetero) is 1. The number of hydrogen-bond donors (Lipinski definition) is 0. The molecule has 0 N–H and O–H groups in total. The molecular weight excluding hydrogens is 314 g/mol. The van der Waals surface area contributed by atoms with Crippen molar-refractivity contribution in [1.29, 1.82) is 0 Å². The van der Waals surface area contributed by atoms with Crippen LogP contribution in [0.15, 0.2) is 36.4 Å². The van der Waals surface area contributed by atoms with Gasteiger partial charge in [-0.3, -0.25) is 14.9 Å². The molecule has 0 saturated carbocycles. The quantitative estimate of drug-likeness (QED) is 0.475. The van der Waals surface area contributed by atoms with E-state index in [0.717, 1.165) is 0 Å². The van der Waals surface area contributed by atoms with Gasteiger partial charge in [-0.05, 0) is 19.1 Å². The Kier molecular flexibility index (Phi) is 4.43. The molecule has 24 heavy (non-hydrogen) atoms. The van der Waals surface area contributed by atoms with Crippen LogP contribution < -0.4 is 9.47 Å². The highest BCUT2D eigenvalue weighted by Gasteiger charge is 2.21. The molecular formula is C17H15NO6. The van der Waals surface area contributed by atoms with Gasteiger partial charge in [0.1, 0.15) is 18.1 Å². The Balaban J connectivity index is 1.91. The van der Waals surface area contributed by atoms with Crippen LogP contribution in [-0.4, -0.2) is 17.5 Å². The third-order valence-electron chi connectivity index (χ3n) is 3.63. The summed E-state index contributed by atoms with van der Waals surface area (Å²) < 4.78 is 16.4. The predicted molar refractivity (Wildman–Crippen MR) is 84.2 cm³/mol. The van der Waals surface area contributed by atoms with Gasteiger partial charge in [0, 0.05) is 23.3 Å². The number of fused-ring (bicyclic) bond motifs is 1. The molecule has 7 nitrogen and oxygen atoms in total. The second-order valence-electron chi connectivity index (χ2n) is 5.30. The zero-order valence-electron chi connectivity index (χ0n) is 13.0. The molecule has 0 fully saturated rings. The molecule has 124 valence electrons. The molecule has 1 heterocycles. The van der Waals surface area contributed by atoms with E-state index in [1.54, 1.807) is 24.3 Å². The van der Waals surface area contributed by atoms with Crippen molar-refractivity contribution in [3.63, 3.8) is 0 Å². The number of ketones is 1. The number of benzene rings is 2. The Morgan fingerprint density at radius 2 is 2.12 bits per heavy atom. The van der Waals surface area contributed by atoms with Crippen molar-refractivity contribution in [3.8, 4) is 11.5 Å². The second-order valence-corrected chi connectivity index (χ2v) is 5.30. The number of para-hydroxylation sites is 1. The number of hydrogen-bond acceptors (Lipinski definition) is 6. The van der Waals surface area contributed by atoms with Gasteiger partial charge in [0.2, 0.25) is 0 Å². The van der Waals surface area contributed by atoms with Gasteiger partial charge in [-0.2, -0.15) is 0 Å². The highest BCUT2D eigenvalue weighted by atomic mass is 16.7. The third-order valence-corrected chi connectivity index (χ3v) is 3.63. The molecule has 0 atom stereocenters. The van der Waals surface area contributed by atoms with Crippen molar-refractivity contribution in [2.75, 3.05) is 6.79 Å². The highest BCUT2D eigenvalue weighted by Crippen LogP contribution is 2.33. The summed E-state index contributed by atoms with van der Waals surface area (Å²) in [6.45, 7) is 1.84. The topological polar surface area (TPSA) is 87.9 Å². The lowest BCUT2D eigenvalue weighted by molar-refractivity contribution is -0.385. The third kappa shape index (κ3) is 3.21. The number of non-ortho nitro benzene ring substituents is 1. The Labute approximate surface area is 137 Å². The van der Waals surface area contributed by atoms with Gasteiger partial charge < -0.3 is 14.2 Å². The molecule has 7 heteroatoms. The van der Waals surface area contributed by atoms with Crippen LogP contribution in [0.25, 0.3) is 0 Å².